The number of hydrogen-bond acceptors (Lipinski definition) is 6. The van der Waals surface area contributed by atoms with Gasteiger partial charge in [-0.1, -0.05) is 5.16 Å². The van der Waals surface area contributed by atoms with Crippen LogP contribution in [-0.4, -0.2) is 64.7 Å². The highest BCUT2D eigenvalue weighted by atomic mass is 16.5. The lowest BCUT2D eigenvalue weighted by Gasteiger charge is -2.32. The SMILES string of the molecule is C[C@@H]1OCCC[C@@H]1C(=O)N1CCCN(Cc2noc(C3CC3)n2)CC1. The Morgan fingerprint density at radius 3 is 2.84 bits per heavy atom. The van der Waals surface area contributed by atoms with Gasteiger partial charge in [0.25, 0.3) is 0 Å². The Labute approximate surface area is 148 Å². The number of ether oxygens (including phenoxy) is 1. The third-order valence-electron chi connectivity index (χ3n) is 5.60. The summed E-state index contributed by atoms with van der Waals surface area (Å²) >= 11 is 0. The molecule has 0 aromatic carbocycles. The molecule has 3 fully saturated rings. The average Bonchev–Trinajstić information content (AvgIpc) is 3.40. The molecule has 2 atom stereocenters. The minimum atomic E-state index is 0.0265. The van der Waals surface area contributed by atoms with Crippen LogP contribution in [0, 0.1) is 5.92 Å². The van der Waals surface area contributed by atoms with E-state index in [1.54, 1.807) is 0 Å². The first-order valence-corrected chi connectivity index (χ1v) is 9.66. The lowest BCUT2D eigenvalue weighted by atomic mass is 9.94. The molecule has 7 heteroatoms. The summed E-state index contributed by atoms with van der Waals surface area (Å²) < 4.78 is 11.0. The second-order valence-corrected chi connectivity index (χ2v) is 7.60. The molecule has 0 bridgehead atoms. The summed E-state index contributed by atoms with van der Waals surface area (Å²) in [4.78, 5) is 21.7. The predicted octanol–water partition coefficient (Wildman–Crippen LogP) is 1.80. The summed E-state index contributed by atoms with van der Waals surface area (Å²) in [5.74, 6) is 2.37. The van der Waals surface area contributed by atoms with Gasteiger partial charge in [0.15, 0.2) is 5.82 Å². The Morgan fingerprint density at radius 1 is 1.16 bits per heavy atom. The van der Waals surface area contributed by atoms with Crippen molar-refractivity contribution < 1.29 is 14.1 Å². The minimum Gasteiger partial charge on any atom is -0.378 e. The number of amides is 1. The highest BCUT2D eigenvalue weighted by molar-refractivity contribution is 5.79. The Bertz CT molecular complexity index is 601. The van der Waals surface area contributed by atoms with Crippen molar-refractivity contribution in [3.05, 3.63) is 11.7 Å². The Morgan fingerprint density at radius 2 is 2.04 bits per heavy atom. The summed E-state index contributed by atoms with van der Waals surface area (Å²) in [6.45, 7) is 6.95. The van der Waals surface area contributed by atoms with Gasteiger partial charge in [0.2, 0.25) is 11.8 Å². The highest BCUT2D eigenvalue weighted by Crippen LogP contribution is 2.38. The van der Waals surface area contributed by atoms with E-state index < -0.39 is 0 Å². The molecule has 1 aliphatic carbocycles. The monoisotopic (exact) mass is 348 g/mol. The van der Waals surface area contributed by atoms with E-state index in [0.29, 0.717) is 12.5 Å². The maximum absolute atomic E-state index is 12.9. The van der Waals surface area contributed by atoms with E-state index in [1.165, 1.54) is 12.8 Å². The van der Waals surface area contributed by atoms with Crippen molar-refractivity contribution in [3.63, 3.8) is 0 Å². The topological polar surface area (TPSA) is 71.7 Å². The van der Waals surface area contributed by atoms with Gasteiger partial charge in [0.1, 0.15) is 0 Å². The van der Waals surface area contributed by atoms with E-state index in [-0.39, 0.29) is 17.9 Å². The van der Waals surface area contributed by atoms with Crippen LogP contribution in [0.5, 0.6) is 0 Å². The van der Waals surface area contributed by atoms with Gasteiger partial charge < -0.3 is 14.2 Å². The fraction of sp³-hybridized carbons (Fsp3) is 0.833. The predicted molar refractivity (Wildman–Crippen MR) is 90.9 cm³/mol. The molecule has 0 radical (unpaired) electrons. The van der Waals surface area contributed by atoms with Crippen LogP contribution in [0.25, 0.3) is 0 Å². The Kier molecular flexibility index (Phi) is 5.03. The van der Waals surface area contributed by atoms with Crippen molar-refractivity contribution >= 4 is 5.91 Å². The molecule has 25 heavy (non-hydrogen) atoms. The molecule has 1 aromatic heterocycles. The highest BCUT2D eigenvalue weighted by Gasteiger charge is 2.33. The normalized spacial score (nSPS) is 28.8. The molecule has 7 nitrogen and oxygen atoms in total. The van der Waals surface area contributed by atoms with Crippen molar-refractivity contribution in [2.24, 2.45) is 5.92 Å². The molecule has 2 aliphatic heterocycles. The van der Waals surface area contributed by atoms with Crippen LogP contribution in [0.3, 0.4) is 0 Å². The zero-order valence-electron chi connectivity index (χ0n) is 15.0. The smallest absolute Gasteiger partial charge is 0.229 e. The summed E-state index contributed by atoms with van der Waals surface area (Å²) in [7, 11) is 0. The van der Waals surface area contributed by atoms with Crippen LogP contribution in [0.2, 0.25) is 0 Å². The quantitative estimate of drug-likeness (QED) is 0.826. The molecule has 1 saturated carbocycles. The number of aromatic nitrogens is 2. The Hall–Kier alpha value is -1.47. The van der Waals surface area contributed by atoms with Gasteiger partial charge >= 0.3 is 0 Å². The van der Waals surface area contributed by atoms with E-state index in [0.717, 1.165) is 63.8 Å². The number of nitrogens with zero attached hydrogens (tertiary/aromatic N) is 4. The van der Waals surface area contributed by atoms with Gasteiger partial charge in [-0.05, 0) is 39.0 Å². The van der Waals surface area contributed by atoms with Crippen LogP contribution in [0.4, 0.5) is 0 Å². The van der Waals surface area contributed by atoms with Crippen LogP contribution in [0.15, 0.2) is 4.52 Å². The largest absolute Gasteiger partial charge is 0.378 e. The van der Waals surface area contributed by atoms with Gasteiger partial charge in [-0.15, -0.1) is 0 Å². The van der Waals surface area contributed by atoms with Crippen molar-refractivity contribution in [3.8, 4) is 0 Å². The zero-order chi connectivity index (χ0) is 17.2. The van der Waals surface area contributed by atoms with Crippen LogP contribution in [-0.2, 0) is 16.1 Å². The second-order valence-electron chi connectivity index (χ2n) is 7.60. The molecular weight excluding hydrogens is 320 g/mol. The van der Waals surface area contributed by atoms with E-state index in [9.17, 15) is 4.79 Å². The molecule has 0 unspecified atom stereocenters. The van der Waals surface area contributed by atoms with Gasteiger partial charge in [0, 0.05) is 38.7 Å². The Balaban J connectivity index is 1.30. The molecule has 3 aliphatic rings. The first kappa shape index (κ1) is 17.0. The number of carbonyl (C=O) groups is 1. The first-order chi connectivity index (χ1) is 12.2. The molecule has 3 heterocycles. The van der Waals surface area contributed by atoms with Gasteiger partial charge in [0.05, 0.1) is 18.6 Å². The standard InChI is InChI=1S/C18H28N4O3/c1-13-15(4-2-11-24-13)18(23)22-8-3-7-21(9-10-22)12-16-19-17(25-20-16)14-5-6-14/h13-15H,2-12H2,1H3/t13-,15-/m0/s1. The van der Waals surface area contributed by atoms with E-state index in [1.807, 2.05) is 11.8 Å². The van der Waals surface area contributed by atoms with Crippen molar-refractivity contribution in [2.45, 2.75) is 57.6 Å². The molecule has 0 N–H and O–H groups in total. The van der Waals surface area contributed by atoms with Gasteiger partial charge in [-0.25, -0.2) is 0 Å². The molecular formula is C18H28N4O3. The average molecular weight is 348 g/mol. The molecule has 4 rings (SSSR count). The summed E-state index contributed by atoms with van der Waals surface area (Å²) in [5, 5.41) is 4.11. The number of carbonyl (C=O) groups excluding carboxylic acids is 1. The second kappa shape index (κ2) is 7.41. The van der Waals surface area contributed by atoms with E-state index in [2.05, 4.69) is 15.0 Å². The molecule has 1 amide bonds. The molecule has 0 spiro atoms. The maximum atomic E-state index is 12.9. The number of hydrogen-bond donors (Lipinski definition) is 0. The first-order valence-electron chi connectivity index (χ1n) is 9.66. The van der Waals surface area contributed by atoms with Crippen LogP contribution in [0.1, 0.15) is 56.7 Å². The van der Waals surface area contributed by atoms with Crippen molar-refractivity contribution in [2.75, 3.05) is 32.8 Å². The lowest BCUT2D eigenvalue weighted by Crippen LogP contribution is -2.44. The van der Waals surface area contributed by atoms with Gasteiger partial charge in [-0.2, -0.15) is 4.98 Å². The fourth-order valence-corrected chi connectivity index (χ4v) is 3.86. The lowest BCUT2D eigenvalue weighted by molar-refractivity contribution is -0.143. The van der Waals surface area contributed by atoms with Gasteiger partial charge in [-0.3, -0.25) is 9.69 Å². The van der Waals surface area contributed by atoms with Crippen LogP contribution >= 0.6 is 0 Å². The molecule has 138 valence electrons. The maximum Gasteiger partial charge on any atom is 0.229 e. The fourth-order valence-electron chi connectivity index (χ4n) is 3.86. The van der Waals surface area contributed by atoms with Crippen LogP contribution < -0.4 is 0 Å². The number of rotatable bonds is 4. The third-order valence-corrected chi connectivity index (χ3v) is 5.60. The molecule has 2 saturated heterocycles. The molecule has 1 aromatic rings. The summed E-state index contributed by atoms with van der Waals surface area (Å²) in [5.41, 5.74) is 0. The summed E-state index contributed by atoms with van der Waals surface area (Å²) in [6.07, 6.45) is 5.31. The van der Waals surface area contributed by atoms with E-state index >= 15 is 0 Å². The summed E-state index contributed by atoms with van der Waals surface area (Å²) in [6, 6.07) is 0. The van der Waals surface area contributed by atoms with E-state index in [4.69, 9.17) is 9.26 Å². The van der Waals surface area contributed by atoms with Crippen molar-refractivity contribution in [1.82, 2.24) is 19.9 Å². The minimum absolute atomic E-state index is 0.0265. The third kappa shape index (κ3) is 4.03. The van der Waals surface area contributed by atoms with Crippen molar-refractivity contribution in [1.29, 1.82) is 0 Å². The zero-order valence-corrected chi connectivity index (χ0v) is 15.0.